The molecule has 3 rings (SSSR count). The molecule has 1 aromatic carbocycles. The van der Waals surface area contributed by atoms with Gasteiger partial charge in [-0.25, -0.2) is 4.79 Å². The van der Waals surface area contributed by atoms with Crippen LogP contribution in [0.25, 0.3) is 11.1 Å². The minimum Gasteiger partial charge on any atom is -0.335 e. The maximum atomic E-state index is 11.7. The Morgan fingerprint density at radius 3 is 2.78 bits per heavy atom. The molecule has 0 radical (unpaired) electrons. The molecule has 116 valence electrons. The molecule has 0 fully saturated rings. The van der Waals surface area contributed by atoms with E-state index in [9.17, 15) is 9.59 Å². The second kappa shape index (κ2) is 5.61. The van der Waals surface area contributed by atoms with Gasteiger partial charge in [0, 0.05) is 23.0 Å². The number of benzene rings is 1. The average Bonchev–Trinajstić information content (AvgIpc) is 2.63. The third-order valence-electron chi connectivity index (χ3n) is 3.93. The monoisotopic (exact) mass is 308 g/mol. The number of carbonyl (C=O) groups is 1. The molecule has 6 nitrogen and oxygen atoms in total. The van der Waals surface area contributed by atoms with Crippen LogP contribution in [-0.4, -0.2) is 17.1 Å². The van der Waals surface area contributed by atoms with E-state index in [4.69, 9.17) is 5.26 Å². The molecule has 0 bridgehead atoms. The fourth-order valence-electron chi connectivity index (χ4n) is 2.82. The molecule has 0 saturated carbocycles. The third-order valence-corrected chi connectivity index (χ3v) is 3.93. The number of fused-ring (bicyclic) bond motifs is 1. The Kier molecular flexibility index (Phi) is 3.62. The number of nitrogens with zero attached hydrogens (tertiary/aromatic N) is 1. The minimum absolute atomic E-state index is 0.0258. The van der Waals surface area contributed by atoms with Crippen LogP contribution in [0.3, 0.4) is 0 Å². The zero-order valence-electron chi connectivity index (χ0n) is 12.9. The number of anilines is 1. The summed E-state index contributed by atoms with van der Waals surface area (Å²) in [5, 5.41) is 14.7. The van der Waals surface area contributed by atoms with E-state index in [1.54, 1.807) is 13.0 Å². The first kappa shape index (κ1) is 14.9. The summed E-state index contributed by atoms with van der Waals surface area (Å²) >= 11 is 0. The standard InChI is InChI=1S/C17H16N4O2/c1-9-5-12-6-11(3-4-15(12)21-17(23)19-9)14-7-13(8-18)16(22)20-10(14)2/h3-4,6-7,9H,5H2,1-2H3,(H,20,22)(H2,19,21,23). The largest absolute Gasteiger partial charge is 0.335 e. The Morgan fingerprint density at radius 1 is 1.26 bits per heavy atom. The van der Waals surface area contributed by atoms with Gasteiger partial charge in [0.05, 0.1) is 0 Å². The molecule has 0 saturated heterocycles. The van der Waals surface area contributed by atoms with Crippen LogP contribution in [0.15, 0.2) is 29.1 Å². The number of nitriles is 1. The molecule has 2 amide bonds. The number of hydrogen-bond acceptors (Lipinski definition) is 3. The maximum absolute atomic E-state index is 11.7. The Labute approximate surface area is 133 Å². The smallest absolute Gasteiger partial charge is 0.319 e. The lowest BCUT2D eigenvalue weighted by Crippen LogP contribution is -2.34. The molecule has 0 aliphatic carbocycles. The number of urea groups is 1. The molecule has 2 heterocycles. The number of pyridine rings is 1. The lowest BCUT2D eigenvalue weighted by atomic mass is 9.97. The SMILES string of the molecule is Cc1[nH]c(=O)c(C#N)cc1-c1ccc2c(c1)CC(C)NC(=O)N2. The first-order chi connectivity index (χ1) is 11.0. The van der Waals surface area contributed by atoms with Crippen LogP contribution in [0.1, 0.15) is 23.7 Å². The van der Waals surface area contributed by atoms with Gasteiger partial charge >= 0.3 is 6.03 Å². The highest BCUT2D eigenvalue weighted by molar-refractivity contribution is 5.91. The fourth-order valence-corrected chi connectivity index (χ4v) is 2.82. The van der Waals surface area contributed by atoms with Crippen molar-refractivity contribution in [3.05, 3.63) is 51.4 Å². The number of hydrogen-bond donors (Lipinski definition) is 3. The summed E-state index contributed by atoms with van der Waals surface area (Å²) in [5.41, 5.74) is 3.91. The van der Waals surface area contributed by atoms with Crippen LogP contribution >= 0.6 is 0 Å². The quantitative estimate of drug-likeness (QED) is 0.754. The van der Waals surface area contributed by atoms with Gasteiger partial charge in [-0.3, -0.25) is 4.79 Å². The van der Waals surface area contributed by atoms with Gasteiger partial charge in [-0.2, -0.15) is 5.26 Å². The highest BCUT2D eigenvalue weighted by Crippen LogP contribution is 2.28. The predicted octanol–water partition coefficient (Wildman–Crippen LogP) is 2.29. The van der Waals surface area contributed by atoms with E-state index >= 15 is 0 Å². The van der Waals surface area contributed by atoms with E-state index in [0.29, 0.717) is 12.1 Å². The highest BCUT2D eigenvalue weighted by atomic mass is 16.2. The molecular weight excluding hydrogens is 292 g/mol. The first-order valence-electron chi connectivity index (χ1n) is 7.33. The lowest BCUT2D eigenvalue weighted by molar-refractivity contribution is 0.250. The lowest BCUT2D eigenvalue weighted by Gasteiger charge is -2.12. The number of aromatic nitrogens is 1. The van der Waals surface area contributed by atoms with Gasteiger partial charge < -0.3 is 15.6 Å². The number of aryl methyl sites for hydroxylation is 1. The molecule has 1 unspecified atom stereocenters. The van der Waals surface area contributed by atoms with Crippen LogP contribution < -0.4 is 16.2 Å². The summed E-state index contributed by atoms with van der Waals surface area (Å²) in [6.45, 7) is 3.75. The van der Waals surface area contributed by atoms with E-state index in [1.807, 2.05) is 31.2 Å². The van der Waals surface area contributed by atoms with Crippen molar-refractivity contribution in [3.8, 4) is 17.2 Å². The summed E-state index contributed by atoms with van der Waals surface area (Å²) in [6, 6.07) is 9.03. The zero-order valence-corrected chi connectivity index (χ0v) is 12.9. The maximum Gasteiger partial charge on any atom is 0.319 e. The molecule has 1 atom stereocenters. The molecule has 1 aliphatic heterocycles. The van der Waals surface area contributed by atoms with Crippen molar-refractivity contribution in [2.75, 3.05) is 5.32 Å². The van der Waals surface area contributed by atoms with Crippen molar-refractivity contribution in [1.29, 1.82) is 5.26 Å². The van der Waals surface area contributed by atoms with Gasteiger partial charge in [0.2, 0.25) is 0 Å². The van der Waals surface area contributed by atoms with Crippen LogP contribution in [0, 0.1) is 18.3 Å². The van der Waals surface area contributed by atoms with Gasteiger partial charge in [-0.05, 0) is 49.6 Å². The molecular formula is C17H16N4O2. The van der Waals surface area contributed by atoms with E-state index in [0.717, 1.165) is 22.4 Å². The number of nitrogens with one attached hydrogen (secondary N) is 3. The summed E-state index contributed by atoms with van der Waals surface area (Å²) in [4.78, 5) is 26.1. The number of aromatic amines is 1. The zero-order chi connectivity index (χ0) is 16.6. The van der Waals surface area contributed by atoms with Crippen molar-refractivity contribution >= 4 is 11.7 Å². The highest BCUT2D eigenvalue weighted by Gasteiger charge is 2.18. The molecule has 2 aromatic rings. The number of carbonyl (C=O) groups excluding carboxylic acids is 1. The summed E-state index contributed by atoms with van der Waals surface area (Å²) in [5.74, 6) is 0. The Morgan fingerprint density at radius 2 is 2.04 bits per heavy atom. The van der Waals surface area contributed by atoms with E-state index in [2.05, 4.69) is 15.6 Å². The van der Waals surface area contributed by atoms with Crippen molar-refractivity contribution in [3.63, 3.8) is 0 Å². The predicted molar refractivity (Wildman–Crippen MR) is 87.3 cm³/mol. The Balaban J connectivity index is 2.11. The van der Waals surface area contributed by atoms with Gasteiger partial charge in [-0.15, -0.1) is 0 Å². The molecule has 1 aromatic heterocycles. The van der Waals surface area contributed by atoms with Crippen LogP contribution in [-0.2, 0) is 6.42 Å². The first-order valence-corrected chi connectivity index (χ1v) is 7.33. The van der Waals surface area contributed by atoms with Crippen molar-refractivity contribution < 1.29 is 4.79 Å². The third kappa shape index (κ3) is 2.81. The Bertz CT molecular complexity index is 892. The fraction of sp³-hybridized carbons (Fsp3) is 0.235. The molecule has 1 aliphatic rings. The summed E-state index contributed by atoms with van der Waals surface area (Å²) in [6.07, 6.45) is 0.704. The molecule has 23 heavy (non-hydrogen) atoms. The number of amides is 2. The van der Waals surface area contributed by atoms with Crippen LogP contribution in [0.5, 0.6) is 0 Å². The summed E-state index contributed by atoms with van der Waals surface area (Å²) < 4.78 is 0. The van der Waals surface area contributed by atoms with Gasteiger partial charge in [0.15, 0.2) is 0 Å². The van der Waals surface area contributed by atoms with E-state index in [1.165, 1.54) is 0 Å². The second-order valence-electron chi connectivity index (χ2n) is 5.74. The normalized spacial score (nSPS) is 16.6. The molecule has 6 heteroatoms. The van der Waals surface area contributed by atoms with Crippen molar-refractivity contribution in [1.82, 2.24) is 10.3 Å². The molecule has 3 N–H and O–H groups in total. The minimum atomic E-state index is -0.381. The van der Waals surface area contributed by atoms with E-state index in [-0.39, 0.29) is 23.2 Å². The second-order valence-corrected chi connectivity index (χ2v) is 5.74. The Hall–Kier alpha value is -3.07. The van der Waals surface area contributed by atoms with E-state index < -0.39 is 0 Å². The van der Waals surface area contributed by atoms with Crippen LogP contribution in [0.2, 0.25) is 0 Å². The van der Waals surface area contributed by atoms with Crippen molar-refractivity contribution in [2.45, 2.75) is 26.3 Å². The van der Waals surface area contributed by atoms with Crippen LogP contribution in [0.4, 0.5) is 10.5 Å². The number of rotatable bonds is 1. The van der Waals surface area contributed by atoms with Gasteiger partial charge in [0.25, 0.3) is 5.56 Å². The van der Waals surface area contributed by atoms with Crippen molar-refractivity contribution in [2.24, 2.45) is 0 Å². The van der Waals surface area contributed by atoms with Gasteiger partial charge in [0.1, 0.15) is 11.6 Å². The number of H-pyrrole nitrogens is 1. The summed E-state index contributed by atoms with van der Waals surface area (Å²) in [7, 11) is 0. The topological polar surface area (TPSA) is 97.8 Å². The van der Waals surface area contributed by atoms with Gasteiger partial charge in [-0.1, -0.05) is 6.07 Å². The molecule has 0 spiro atoms. The average molecular weight is 308 g/mol.